The van der Waals surface area contributed by atoms with Crippen molar-refractivity contribution < 1.29 is 17.6 Å². The molecule has 1 aliphatic rings. The van der Waals surface area contributed by atoms with Gasteiger partial charge in [-0.25, -0.2) is 12.8 Å². The summed E-state index contributed by atoms with van der Waals surface area (Å²) in [4.78, 5) is 12.7. The average Bonchev–Trinajstić information content (AvgIpc) is 2.65. The number of carbonyl (C=O) groups is 1. The molecule has 0 radical (unpaired) electrons. The van der Waals surface area contributed by atoms with Gasteiger partial charge in [-0.15, -0.1) is 0 Å². The van der Waals surface area contributed by atoms with Crippen LogP contribution in [0, 0.1) is 18.7 Å². The van der Waals surface area contributed by atoms with E-state index in [-0.39, 0.29) is 29.8 Å². The predicted octanol–water partition coefficient (Wildman–Crippen LogP) is 3.83. The van der Waals surface area contributed by atoms with E-state index in [0.717, 1.165) is 5.56 Å². The first-order chi connectivity index (χ1) is 12.8. The molecule has 0 aromatic heterocycles. The lowest BCUT2D eigenvalue weighted by molar-refractivity contribution is -0.120. The van der Waals surface area contributed by atoms with Gasteiger partial charge >= 0.3 is 0 Å². The van der Waals surface area contributed by atoms with Crippen molar-refractivity contribution in [3.63, 3.8) is 0 Å². The molecule has 1 fully saturated rings. The van der Waals surface area contributed by atoms with Crippen LogP contribution in [0.4, 0.5) is 10.1 Å². The van der Waals surface area contributed by atoms with Crippen LogP contribution in [-0.2, 0) is 14.8 Å². The standard InChI is InChI=1S/C19H20ClFN2O3S/c1-13-2-5-16(21)12-18(13)22-19(24)14-8-10-23(11-9-14)27(25,26)17-6-3-15(20)4-7-17/h2-7,12,14H,8-11H2,1H3,(H,22,24). The highest BCUT2D eigenvalue weighted by Gasteiger charge is 2.32. The maximum Gasteiger partial charge on any atom is 0.243 e. The third kappa shape index (κ3) is 4.48. The van der Waals surface area contributed by atoms with Crippen molar-refractivity contribution in [1.29, 1.82) is 0 Å². The predicted molar refractivity (Wildman–Crippen MR) is 103 cm³/mol. The summed E-state index contributed by atoms with van der Waals surface area (Å²) >= 11 is 5.81. The number of sulfonamides is 1. The van der Waals surface area contributed by atoms with Crippen molar-refractivity contribution in [3.8, 4) is 0 Å². The summed E-state index contributed by atoms with van der Waals surface area (Å²) in [5, 5.41) is 3.22. The minimum Gasteiger partial charge on any atom is -0.326 e. The van der Waals surface area contributed by atoms with Crippen LogP contribution in [0.25, 0.3) is 0 Å². The number of carbonyl (C=O) groups excluding carboxylic acids is 1. The molecule has 0 aliphatic carbocycles. The second-order valence-corrected chi connectivity index (χ2v) is 8.96. The van der Waals surface area contributed by atoms with E-state index in [1.807, 2.05) is 0 Å². The van der Waals surface area contributed by atoms with Gasteiger partial charge in [-0.1, -0.05) is 17.7 Å². The van der Waals surface area contributed by atoms with Crippen molar-refractivity contribution in [1.82, 2.24) is 4.31 Å². The lowest BCUT2D eigenvalue weighted by Gasteiger charge is -2.30. The molecular formula is C19H20ClFN2O3S. The highest BCUT2D eigenvalue weighted by molar-refractivity contribution is 7.89. The van der Waals surface area contributed by atoms with Crippen molar-refractivity contribution in [3.05, 3.63) is 58.9 Å². The summed E-state index contributed by atoms with van der Waals surface area (Å²) in [5.41, 5.74) is 1.21. The Labute approximate surface area is 163 Å². The Bertz CT molecular complexity index is 940. The van der Waals surface area contributed by atoms with Crippen LogP contribution >= 0.6 is 11.6 Å². The summed E-state index contributed by atoms with van der Waals surface area (Å²) in [6.45, 7) is 2.30. The van der Waals surface area contributed by atoms with E-state index >= 15 is 0 Å². The number of hydrogen-bond donors (Lipinski definition) is 1. The average molecular weight is 411 g/mol. The van der Waals surface area contributed by atoms with E-state index in [1.165, 1.54) is 40.7 Å². The second kappa shape index (κ2) is 7.96. The highest BCUT2D eigenvalue weighted by atomic mass is 35.5. The molecule has 0 unspecified atom stereocenters. The van der Waals surface area contributed by atoms with Crippen molar-refractivity contribution in [2.75, 3.05) is 18.4 Å². The quantitative estimate of drug-likeness (QED) is 0.833. The Morgan fingerprint density at radius 3 is 2.41 bits per heavy atom. The minimum atomic E-state index is -3.61. The molecule has 1 amide bonds. The lowest BCUT2D eigenvalue weighted by atomic mass is 9.97. The fraction of sp³-hybridized carbons (Fsp3) is 0.316. The molecule has 5 nitrogen and oxygen atoms in total. The van der Waals surface area contributed by atoms with Gasteiger partial charge in [-0.05, 0) is 61.7 Å². The van der Waals surface area contributed by atoms with Gasteiger partial charge in [-0.3, -0.25) is 4.79 Å². The molecule has 0 atom stereocenters. The van der Waals surface area contributed by atoms with Crippen LogP contribution < -0.4 is 5.32 Å². The summed E-state index contributed by atoms with van der Waals surface area (Å²) < 4.78 is 40.1. The number of amides is 1. The van der Waals surface area contributed by atoms with Crippen molar-refractivity contribution in [2.24, 2.45) is 5.92 Å². The molecule has 1 saturated heterocycles. The number of nitrogens with zero attached hydrogens (tertiary/aromatic N) is 1. The molecule has 27 heavy (non-hydrogen) atoms. The molecular weight excluding hydrogens is 391 g/mol. The maximum atomic E-state index is 13.4. The summed E-state index contributed by atoms with van der Waals surface area (Å²) in [5.74, 6) is -0.948. The molecule has 8 heteroatoms. The van der Waals surface area contributed by atoms with Crippen LogP contribution in [-0.4, -0.2) is 31.7 Å². The molecule has 2 aromatic carbocycles. The molecule has 0 saturated carbocycles. The molecule has 0 spiro atoms. The van der Waals surface area contributed by atoms with Crippen LogP contribution in [0.1, 0.15) is 18.4 Å². The fourth-order valence-electron chi connectivity index (χ4n) is 3.08. The van der Waals surface area contributed by atoms with E-state index in [0.29, 0.717) is 23.6 Å². The van der Waals surface area contributed by atoms with Gasteiger partial charge in [0.15, 0.2) is 0 Å². The fourth-order valence-corrected chi connectivity index (χ4v) is 4.67. The van der Waals surface area contributed by atoms with Crippen molar-refractivity contribution in [2.45, 2.75) is 24.7 Å². The van der Waals surface area contributed by atoms with E-state index in [4.69, 9.17) is 11.6 Å². The number of benzene rings is 2. The van der Waals surface area contributed by atoms with Crippen LogP contribution in [0.15, 0.2) is 47.4 Å². The Kier molecular flexibility index (Phi) is 5.83. The molecule has 2 aromatic rings. The first-order valence-electron chi connectivity index (χ1n) is 8.60. The molecule has 1 heterocycles. The summed E-state index contributed by atoms with van der Waals surface area (Å²) in [6.07, 6.45) is 0.819. The summed E-state index contributed by atoms with van der Waals surface area (Å²) in [7, 11) is -3.61. The number of aryl methyl sites for hydroxylation is 1. The number of nitrogens with one attached hydrogen (secondary N) is 1. The Balaban J connectivity index is 1.63. The largest absolute Gasteiger partial charge is 0.326 e. The second-order valence-electron chi connectivity index (χ2n) is 6.58. The Hall–Kier alpha value is -1.96. The highest BCUT2D eigenvalue weighted by Crippen LogP contribution is 2.26. The van der Waals surface area contributed by atoms with E-state index in [2.05, 4.69) is 5.32 Å². The van der Waals surface area contributed by atoms with E-state index in [1.54, 1.807) is 13.0 Å². The van der Waals surface area contributed by atoms with Gasteiger partial charge in [0.1, 0.15) is 5.82 Å². The Morgan fingerprint density at radius 1 is 1.15 bits per heavy atom. The van der Waals surface area contributed by atoms with Gasteiger partial charge < -0.3 is 5.32 Å². The van der Waals surface area contributed by atoms with Crippen LogP contribution in [0.2, 0.25) is 5.02 Å². The number of piperidine rings is 1. The topological polar surface area (TPSA) is 66.5 Å². The zero-order valence-electron chi connectivity index (χ0n) is 14.8. The third-order valence-electron chi connectivity index (χ3n) is 4.73. The zero-order chi connectivity index (χ0) is 19.6. The van der Waals surface area contributed by atoms with Crippen LogP contribution in [0.5, 0.6) is 0 Å². The minimum absolute atomic E-state index is 0.185. The number of rotatable bonds is 4. The molecule has 0 bridgehead atoms. The van der Waals surface area contributed by atoms with Gasteiger partial charge in [0.05, 0.1) is 4.90 Å². The van der Waals surface area contributed by atoms with Crippen LogP contribution in [0.3, 0.4) is 0 Å². The first kappa shape index (κ1) is 19.8. The normalized spacial score (nSPS) is 16.3. The SMILES string of the molecule is Cc1ccc(F)cc1NC(=O)C1CCN(S(=O)(=O)c2ccc(Cl)cc2)CC1. The maximum absolute atomic E-state index is 13.4. The monoisotopic (exact) mass is 410 g/mol. The third-order valence-corrected chi connectivity index (χ3v) is 6.90. The zero-order valence-corrected chi connectivity index (χ0v) is 16.4. The molecule has 1 N–H and O–H groups in total. The van der Waals surface area contributed by atoms with Gasteiger partial charge in [0.2, 0.25) is 15.9 Å². The van der Waals surface area contributed by atoms with Gasteiger partial charge in [0, 0.05) is 29.7 Å². The van der Waals surface area contributed by atoms with Gasteiger partial charge in [0.25, 0.3) is 0 Å². The number of anilines is 1. The smallest absolute Gasteiger partial charge is 0.243 e. The van der Waals surface area contributed by atoms with Gasteiger partial charge in [-0.2, -0.15) is 4.31 Å². The van der Waals surface area contributed by atoms with Crippen molar-refractivity contribution >= 4 is 33.2 Å². The molecule has 1 aliphatic heterocycles. The molecule has 3 rings (SSSR count). The number of hydrogen-bond acceptors (Lipinski definition) is 3. The van der Waals surface area contributed by atoms with E-state index in [9.17, 15) is 17.6 Å². The summed E-state index contributed by atoms with van der Waals surface area (Å²) in [6, 6.07) is 10.3. The number of halogens is 2. The first-order valence-corrected chi connectivity index (χ1v) is 10.4. The Morgan fingerprint density at radius 2 is 1.78 bits per heavy atom. The lowest BCUT2D eigenvalue weighted by Crippen LogP contribution is -2.41. The van der Waals surface area contributed by atoms with E-state index < -0.39 is 15.8 Å². The molecule has 144 valence electrons.